The van der Waals surface area contributed by atoms with Crippen molar-refractivity contribution in [2.24, 2.45) is 0 Å². The molecule has 146 valence electrons. The van der Waals surface area contributed by atoms with E-state index in [1.165, 1.54) is 12.0 Å². The van der Waals surface area contributed by atoms with Crippen molar-refractivity contribution >= 4 is 23.3 Å². The lowest BCUT2D eigenvalue weighted by molar-refractivity contribution is -0.132. The van der Waals surface area contributed by atoms with Crippen LogP contribution in [0.4, 0.5) is 5.82 Å². The van der Waals surface area contributed by atoms with Crippen LogP contribution in [0, 0.1) is 6.92 Å². The number of ether oxygens (including phenoxy) is 1. The fraction of sp³-hybridized carbons (Fsp3) is 0.143. The van der Waals surface area contributed by atoms with Crippen LogP contribution < -0.4 is 9.64 Å². The quantitative estimate of drug-likeness (QED) is 0.414. The van der Waals surface area contributed by atoms with E-state index in [0.717, 1.165) is 0 Å². The number of carbonyl (C=O) groups is 2. The van der Waals surface area contributed by atoms with Crippen LogP contribution in [0.2, 0.25) is 0 Å². The first-order chi connectivity index (χ1) is 14.0. The number of amides is 1. The van der Waals surface area contributed by atoms with E-state index in [1.54, 1.807) is 61.8 Å². The smallest absolute Gasteiger partial charge is 0.301 e. The lowest BCUT2D eigenvalue weighted by Crippen LogP contribution is -2.29. The molecule has 0 unspecified atom stereocenters. The number of benzene rings is 1. The average molecular weight is 391 g/mol. The van der Waals surface area contributed by atoms with E-state index in [1.807, 2.05) is 0 Å². The van der Waals surface area contributed by atoms with Gasteiger partial charge in [-0.3, -0.25) is 19.5 Å². The third-order valence-electron chi connectivity index (χ3n) is 4.69. The van der Waals surface area contributed by atoms with Gasteiger partial charge in [0, 0.05) is 24.0 Å². The van der Waals surface area contributed by atoms with Crippen molar-refractivity contribution < 1.29 is 24.0 Å². The van der Waals surface area contributed by atoms with Crippen molar-refractivity contribution in [1.29, 1.82) is 0 Å². The van der Waals surface area contributed by atoms with Crippen molar-refractivity contribution in [2.75, 3.05) is 12.0 Å². The zero-order chi connectivity index (χ0) is 20.5. The number of rotatable bonds is 4. The number of pyridine rings is 1. The molecule has 0 radical (unpaired) electrons. The summed E-state index contributed by atoms with van der Waals surface area (Å²) in [6, 6.07) is 10.6. The standard InChI is InChI=1S/C21H17N3O5/c1-12-11-16(23-29-12)24-18(13-7-9-22-10-8-13)17(20(26)21(24)27)19(25)14-3-5-15(28-2)6-4-14/h3-11,18,25H,1-2H3/b19-17+/t18-/m1/s1. The minimum atomic E-state index is -0.871. The first-order valence-electron chi connectivity index (χ1n) is 8.80. The van der Waals surface area contributed by atoms with E-state index in [-0.39, 0.29) is 17.2 Å². The largest absolute Gasteiger partial charge is 0.507 e. The molecule has 8 nitrogen and oxygen atoms in total. The van der Waals surface area contributed by atoms with Crippen molar-refractivity contribution in [3.8, 4) is 5.75 Å². The van der Waals surface area contributed by atoms with Gasteiger partial charge in [-0.15, -0.1) is 0 Å². The maximum atomic E-state index is 12.9. The summed E-state index contributed by atoms with van der Waals surface area (Å²) in [7, 11) is 1.53. The Morgan fingerprint density at radius 3 is 2.41 bits per heavy atom. The highest BCUT2D eigenvalue weighted by Gasteiger charge is 2.48. The molecule has 3 heterocycles. The molecular weight excluding hydrogens is 374 g/mol. The molecule has 1 aliphatic heterocycles. The lowest BCUT2D eigenvalue weighted by atomic mass is 9.96. The highest BCUT2D eigenvalue weighted by atomic mass is 16.5. The van der Waals surface area contributed by atoms with Gasteiger partial charge in [-0.2, -0.15) is 0 Å². The number of aromatic nitrogens is 2. The number of aliphatic hydroxyl groups is 1. The number of nitrogens with zero attached hydrogens (tertiary/aromatic N) is 3. The molecule has 0 bridgehead atoms. The second kappa shape index (κ2) is 7.23. The molecule has 29 heavy (non-hydrogen) atoms. The lowest BCUT2D eigenvalue weighted by Gasteiger charge is -2.22. The Balaban J connectivity index is 1.90. The third kappa shape index (κ3) is 3.14. The van der Waals surface area contributed by atoms with Crippen LogP contribution in [-0.4, -0.2) is 34.0 Å². The number of Topliss-reactive ketones (excluding diaryl/α,β-unsaturated/α-hetero) is 1. The van der Waals surface area contributed by atoms with Gasteiger partial charge in [0.15, 0.2) is 5.82 Å². The van der Waals surface area contributed by atoms with Gasteiger partial charge in [-0.1, -0.05) is 5.16 Å². The number of anilines is 1. The van der Waals surface area contributed by atoms with Crippen LogP contribution >= 0.6 is 0 Å². The van der Waals surface area contributed by atoms with E-state index < -0.39 is 17.7 Å². The minimum absolute atomic E-state index is 0.0352. The normalized spacial score (nSPS) is 18.3. The van der Waals surface area contributed by atoms with Crippen molar-refractivity contribution in [3.63, 3.8) is 0 Å². The van der Waals surface area contributed by atoms with Crippen molar-refractivity contribution in [1.82, 2.24) is 10.1 Å². The van der Waals surface area contributed by atoms with Crippen LogP contribution in [0.1, 0.15) is 22.9 Å². The number of aliphatic hydroxyl groups excluding tert-OH is 1. The second-order valence-corrected chi connectivity index (χ2v) is 6.47. The van der Waals surface area contributed by atoms with Crippen LogP contribution in [0.25, 0.3) is 5.76 Å². The van der Waals surface area contributed by atoms with Crippen LogP contribution in [0.15, 0.2) is 65.0 Å². The number of carbonyl (C=O) groups excluding carboxylic acids is 2. The SMILES string of the molecule is COc1ccc(/C(O)=C2\C(=O)C(=O)N(c3cc(C)on3)[C@@H]2c2ccncc2)cc1. The fourth-order valence-corrected chi connectivity index (χ4v) is 3.30. The predicted molar refractivity (Wildman–Crippen MR) is 103 cm³/mol. The molecule has 2 aromatic heterocycles. The Kier molecular flexibility index (Phi) is 4.59. The summed E-state index contributed by atoms with van der Waals surface area (Å²) < 4.78 is 10.2. The summed E-state index contributed by atoms with van der Waals surface area (Å²) in [6.07, 6.45) is 3.10. The van der Waals surface area contributed by atoms with Crippen LogP contribution in [-0.2, 0) is 9.59 Å². The van der Waals surface area contributed by atoms with E-state index in [2.05, 4.69) is 10.1 Å². The summed E-state index contributed by atoms with van der Waals surface area (Å²) in [5.41, 5.74) is 0.959. The molecule has 4 rings (SSSR count). The van der Waals surface area contributed by atoms with E-state index in [0.29, 0.717) is 22.6 Å². The van der Waals surface area contributed by atoms with E-state index in [4.69, 9.17) is 9.26 Å². The van der Waals surface area contributed by atoms with Crippen molar-refractivity contribution in [3.05, 3.63) is 77.3 Å². The second-order valence-electron chi connectivity index (χ2n) is 6.47. The molecule has 1 aromatic carbocycles. The highest BCUT2D eigenvalue weighted by molar-refractivity contribution is 6.51. The molecule has 1 amide bonds. The van der Waals surface area contributed by atoms with Gasteiger partial charge in [-0.25, -0.2) is 0 Å². The zero-order valence-electron chi connectivity index (χ0n) is 15.7. The molecule has 8 heteroatoms. The van der Waals surface area contributed by atoms with Gasteiger partial charge >= 0.3 is 5.91 Å². The molecule has 0 aliphatic carbocycles. The summed E-state index contributed by atoms with van der Waals surface area (Å²) >= 11 is 0. The number of methoxy groups -OCH3 is 1. The molecule has 0 saturated carbocycles. The Bertz CT molecular complexity index is 1100. The van der Waals surface area contributed by atoms with Crippen LogP contribution in [0.3, 0.4) is 0 Å². The summed E-state index contributed by atoms with van der Waals surface area (Å²) in [5.74, 6) is -0.594. The maximum absolute atomic E-state index is 12.9. The molecule has 0 spiro atoms. The molecule has 1 aliphatic rings. The predicted octanol–water partition coefficient (Wildman–Crippen LogP) is 3.01. The number of ketones is 1. The molecule has 1 saturated heterocycles. The summed E-state index contributed by atoms with van der Waals surface area (Å²) in [5, 5.41) is 14.8. The Morgan fingerprint density at radius 1 is 1.14 bits per heavy atom. The van der Waals surface area contributed by atoms with E-state index in [9.17, 15) is 14.7 Å². The number of hydrogen-bond donors (Lipinski definition) is 1. The fourth-order valence-electron chi connectivity index (χ4n) is 3.30. The average Bonchev–Trinajstić information content (AvgIpc) is 3.29. The van der Waals surface area contributed by atoms with Gasteiger partial charge in [0.1, 0.15) is 17.3 Å². The topological polar surface area (TPSA) is 106 Å². The summed E-state index contributed by atoms with van der Waals surface area (Å²) in [4.78, 5) is 31.0. The Labute approximate surface area is 166 Å². The van der Waals surface area contributed by atoms with Gasteiger partial charge in [-0.05, 0) is 48.9 Å². The van der Waals surface area contributed by atoms with Gasteiger partial charge in [0.05, 0.1) is 18.7 Å². The van der Waals surface area contributed by atoms with Gasteiger partial charge < -0.3 is 14.4 Å². The monoisotopic (exact) mass is 391 g/mol. The molecule has 1 N–H and O–H groups in total. The first-order valence-corrected chi connectivity index (χ1v) is 8.80. The molecular formula is C21H17N3O5. The molecule has 1 atom stereocenters. The first kappa shape index (κ1) is 18.4. The third-order valence-corrected chi connectivity index (χ3v) is 4.69. The maximum Gasteiger partial charge on any atom is 0.301 e. The summed E-state index contributed by atoms with van der Waals surface area (Å²) in [6.45, 7) is 1.69. The van der Waals surface area contributed by atoms with Gasteiger partial charge in [0.2, 0.25) is 0 Å². The van der Waals surface area contributed by atoms with Crippen LogP contribution in [0.5, 0.6) is 5.75 Å². The number of hydrogen-bond acceptors (Lipinski definition) is 7. The minimum Gasteiger partial charge on any atom is -0.507 e. The number of aryl methyl sites for hydroxylation is 1. The zero-order valence-corrected chi connectivity index (χ0v) is 15.7. The molecule has 1 fully saturated rings. The Hall–Kier alpha value is -3.94. The van der Waals surface area contributed by atoms with Crippen molar-refractivity contribution in [2.45, 2.75) is 13.0 Å². The van der Waals surface area contributed by atoms with Gasteiger partial charge in [0.25, 0.3) is 5.78 Å². The van der Waals surface area contributed by atoms with E-state index >= 15 is 0 Å². The molecule has 3 aromatic rings. The Morgan fingerprint density at radius 2 is 1.83 bits per heavy atom. The highest BCUT2D eigenvalue weighted by Crippen LogP contribution is 2.41.